The number of hydrogen-bond acceptors (Lipinski definition) is 4. The van der Waals surface area contributed by atoms with E-state index in [9.17, 15) is 9.18 Å². The largest absolute Gasteiger partial charge is 0.384 e. The van der Waals surface area contributed by atoms with Crippen LogP contribution in [0.2, 0.25) is 0 Å². The molecule has 178 valence electrons. The van der Waals surface area contributed by atoms with Gasteiger partial charge >= 0.3 is 0 Å². The van der Waals surface area contributed by atoms with Crippen LogP contribution in [0.25, 0.3) is 22.2 Å². The Morgan fingerprint density at radius 2 is 1.71 bits per heavy atom. The molecule has 7 heteroatoms. The molecule has 1 atom stereocenters. The van der Waals surface area contributed by atoms with Crippen molar-refractivity contribution in [2.45, 2.75) is 59.0 Å². The monoisotopic (exact) mass is 461 g/mol. The number of fused-ring (bicyclic) bond motifs is 2. The minimum Gasteiger partial charge on any atom is -0.384 e. The Morgan fingerprint density at radius 1 is 1.03 bits per heavy atom. The first-order chi connectivity index (χ1) is 16.3. The van der Waals surface area contributed by atoms with Crippen molar-refractivity contribution in [3.05, 3.63) is 65.5 Å². The highest BCUT2D eigenvalue weighted by atomic mass is 19.1. The number of amides is 1. The van der Waals surface area contributed by atoms with Crippen LogP contribution in [0.15, 0.2) is 48.5 Å². The van der Waals surface area contributed by atoms with Crippen LogP contribution < -0.4 is 11.1 Å². The fourth-order valence-corrected chi connectivity index (χ4v) is 4.26. The second-order valence-corrected chi connectivity index (χ2v) is 9.37. The van der Waals surface area contributed by atoms with E-state index in [1.807, 2.05) is 35.8 Å². The lowest BCUT2D eigenvalue weighted by Gasteiger charge is -2.14. The highest BCUT2D eigenvalue weighted by Gasteiger charge is 2.24. The van der Waals surface area contributed by atoms with Crippen molar-refractivity contribution in [3.8, 4) is 0 Å². The Kier molecular flexibility index (Phi) is 7.10. The number of hydrogen-bond donors (Lipinski definition) is 2. The zero-order chi connectivity index (χ0) is 24.2. The molecule has 2 heterocycles. The molecule has 0 fully saturated rings. The van der Waals surface area contributed by atoms with Crippen LogP contribution in [-0.4, -0.2) is 26.5 Å². The van der Waals surface area contributed by atoms with E-state index in [1.165, 1.54) is 12.1 Å². The third-order valence-electron chi connectivity index (χ3n) is 6.15. The van der Waals surface area contributed by atoms with Crippen molar-refractivity contribution in [3.63, 3.8) is 0 Å². The number of nitrogens with one attached hydrogen (secondary N) is 1. The van der Waals surface area contributed by atoms with E-state index in [2.05, 4.69) is 19.2 Å². The summed E-state index contributed by atoms with van der Waals surface area (Å²) in [7, 11) is 0. The molecule has 0 spiro atoms. The zero-order valence-corrected chi connectivity index (χ0v) is 20.0. The highest BCUT2D eigenvalue weighted by Crippen LogP contribution is 2.28. The van der Waals surface area contributed by atoms with Gasteiger partial charge in [-0.3, -0.25) is 4.79 Å². The summed E-state index contributed by atoms with van der Waals surface area (Å²) in [6, 6.07) is 14.0. The van der Waals surface area contributed by atoms with Crippen molar-refractivity contribution in [2.75, 3.05) is 5.73 Å². The van der Waals surface area contributed by atoms with E-state index in [4.69, 9.17) is 15.7 Å². The summed E-state index contributed by atoms with van der Waals surface area (Å²) in [6.07, 6.45) is 3.71. The molecule has 0 aliphatic heterocycles. The first kappa shape index (κ1) is 23.7. The van der Waals surface area contributed by atoms with Crippen molar-refractivity contribution in [1.82, 2.24) is 19.9 Å². The molecule has 3 N–H and O–H groups in total. The molecule has 0 radical (unpaired) electrons. The molecule has 0 saturated carbocycles. The van der Waals surface area contributed by atoms with Gasteiger partial charge in [0.25, 0.3) is 5.91 Å². The first-order valence-electron chi connectivity index (χ1n) is 11.9. The maximum atomic E-state index is 13.3. The average Bonchev–Trinajstić information content (AvgIpc) is 3.07. The summed E-state index contributed by atoms with van der Waals surface area (Å²) in [4.78, 5) is 22.9. The maximum Gasteiger partial charge on any atom is 0.257 e. The second kappa shape index (κ2) is 10.2. The number of nitrogen functional groups attached to an aromatic ring is 1. The number of para-hydroxylation sites is 2. The predicted octanol–water partition coefficient (Wildman–Crippen LogP) is 5.49. The maximum absolute atomic E-state index is 13.3. The number of benzene rings is 2. The number of carbonyl (C=O) groups is 1. The van der Waals surface area contributed by atoms with Gasteiger partial charge in [-0.05, 0) is 55.5 Å². The standard InChI is InChI=1S/C27H32FN5O/c1-17(2)7-6-8-18(3)30-27(34)23-24-26(32-22-10-5-4-9-21(22)31-24)33(25(23)29)16-15-19-11-13-20(28)14-12-19/h4-5,9-14,17-18H,6-8,15-16,29H2,1-3H3,(H,30,34). The van der Waals surface area contributed by atoms with Crippen LogP contribution in [0.3, 0.4) is 0 Å². The average molecular weight is 462 g/mol. The van der Waals surface area contributed by atoms with Crippen LogP contribution in [0.5, 0.6) is 0 Å². The van der Waals surface area contributed by atoms with Crippen molar-refractivity contribution < 1.29 is 9.18 Å². The zero-order valence-electron chi connectivity index (χ0n) is 20.0. The van der Waals surface area contributed by atoms with E-state index in [0.29, 0.717) is 46.9 Å². The summed E-state index contributed by atoms with van der Waals surface area (Å²) < 4.78 is 15.1. The van der Waals surface area contributed by atoms with E-state index in [1.54, 1.807) is 12.1 Å². The molecule has 0 aliphatic carbocycles. The molecular formula is C27H32FN5O. The van der Waals surface area contributed by atoms with Crippen LogP contribution in [0, 0.1) is 11.7 Å². The molecule has 1 unspecified atom stereocenters. The number of nitrogens with two attached hydrogens (primary N) is 1. The van der Waals surface area contributed by atoms with E-state index in [-0.39, 0.29) is 17.8 Å². The van der Waals surface area contributed by atoms with E-state index < -0.39 is 0 Å². The van der Waals surface area contributed by atoms with Crippen molar-refractivity contribution in [1.29, 1.82) is 0 Å². The molecule has 0 bridgehead atoms. The van der Waals surface area contributed by atoms with Crippen LogP contribution in [0.4, 0.5) is 10.2 Å². The summed E-state index contributed by atoms with van der Waals surface area (Å²) in [5.41, 5.74) is 10.4. The van der Waals surface area contributed by atoms with Gasteiger partial charge in [-0.1, -0.05) is 51.0 Å². The third kappa shape index (κ3) is 5.19. The molecule has 2 aromatic heterocycles. The predicted molar refractivity (Wildman–Crippen MR) is 135 cm³/mol. The molecule has 4 aromatic rings. The van der Waals surface area contributed by atoms with Crippen molar-refractivity contribution in [2.24, 2.45) is 5.92 Å². The molecule has 2 aromatic carbocycles. The number of aromatic nitrogens is 3. The van der Waals surface area contributed by atoms with Gasteiger partial charge in [-0.25, -0.2) is 14.4 Å². The molecule has 1 amide bonds. The highest BCUT2D eigenvalue weighted by molar-refractivity contribution is 6.10. The van der Waals surface area contributed by atoms with Gasteiger partial charge in [-0.15, -0.1) is 0 Å². The lowest BCUT2D eigenvalue weighted by Crippen LogP contribution is -2.33. The summed E-state index contributed by atoms with van der Waals surface area (Å²) in [5, 5.41) is 3.10. The Labute approximate surface area is 199 Å². The van der Waals surface area contributed by atoms with E-state index in [0.717, 1.165) is 30.3 Å². The topological polar surface area (TPSA) is 85.8 Å². The van der Waals surface area contributed by atoms with E-state index >= 15 is 0 Å². The summed E-state index contributed by atoms with van der Waals surface area (Å²) >= 11 is 0. The fraction of sp³-hybridized carbons (Fsp3) is 0.370. The molecule has 4 rings (SSSR count). The van der Waals surface area contributed by atoms with Crippen LogP contribution in [-0.2, 0) is 13.0 Å². The van der Waals surface area contributed by atoms with Gasteiger partial charge < -0.3 is 15.6 Å². The molecule has 6 nitrogen and oxygen atoms in total. The molecule has 0 aliphatic rings. The number of anilines is 1. The lowest BCUT2D eigenvalue weighted by molar-refractivity contribution is 0.0940. The second-order valence-electron chi connectivity index (χ2n) is 9.37. The van der Waals surface area contributed by atoms with Gasteiger partial charge in [0.15, 0.2) is 5.65 Å². The SMILES string of the molecule is CC(C)CCCC(C)NC(=O)c1c(N)n(CCc2ccc(F)cc2)c2nc3ccccc3nc12. The number of halogens is 1. The lowest BCUT2D eigenvalue weighted by atomic mass is 10.0. The fourth-order valence-electron chi connectivity index (χ4n) is 4.26. The smallest absolute Gasteiger partial charge is 0.257 e. The molecule has 0 saturated heterocycles. The van der Waals surface area contributed by atoms with Gasteiger partial charge in [-0.2, -0.15) is 0 Å². The number of aryl methyl sites for hydroxylation is 2. The van der Waals surface area contributed by atoms with Gasteiger partial charge in [0.1, 0.15) is 22.7 Å². The molecule has 34 heavy (non-hydrogen) atoms. The first-order valence-corrected chi connectivity index (χ1v) is 11.9. The minimum atomic E-state index is -0.270. The number of nitrogens with zero attached hydrogens (tertiary/aromatic N) is 3. The van der Waals surface area contributed by atoms with Crippen LogP contribution in [0.1, 0.15) is 56.0 Å². The minimum absolute atomic E-state index is 0.0247. The van der Waals surface area contributed by atoms with Gasteiger partial charge in [0, 0.05) is 12.6 Å². The normalized spacial score (nSPS) is 12.5. The Morgan fingerprint density at radius 3 is 2.38 bits per heavy atom. The Hall–Kier alpha value is -3.48. The Balaban J connectivity index is 1.67. The molecular weight excluding hydrogens is 429 g/mol. The van der Waals surface area contributed by atoms with Crippen LogP contribution >= 0.6 is 0 Å². The summed E-state index contributed by atoms with van der Waals surface area (Å²) in [5.74, 6) is 0.485. The van der Waals surface area contributed by atoms with Crippen molar-refractivity contribution >= 4 is 33.9 Å². The van der Waals surface area contributed by atoms with Gasteiger partial charge in [0.05, 0.1) is 11.0 Å². The number of carbonyl (C=O) groups excluding carboxylic acids is 1. The third-order valence-corrected chi connectivity index (χ3v) is 6.15. The number of rotatable bonds is 9. The summed E-state index contributed by atoms with van der Waals surface area (Å²) in [6.45, 7) is 6.92. The quantitative estimate of drug-likeness (QED) is 0.345. The Bertz CT molecular complexity index is 1300. The van der Waals surface area contributed by atoms with Gasteiger partial charge in [0.2, 0.25) is 0 Å².